The molecule has 1 aromatic rings. The maximum Gasteiger partial charge on any atom is 0.338 e. The zero-order valence-corrected chi connectivity index (χ0v) is 11.3. The summed E-state index contributed by atoms with van der Waals surface area (Å²) < 4.78 is 40.1. The maximum atomic E-state index is 13.3. The van der Waals surface area contributed by atoms with Gasteiger partial charge in [-0.3, -0.25) is 0 Å². The first-order valence-corrected chi connectivity index (χ1v) is 6.43. The molecule has 7 heteroatoms. The monoisotopic (exact) mass is 275 g/mol. The molecule has 5 nitrogen and oxygen atoms in total. The van der Waals surface area contributed by atoms with Gasteiger partial charge in [-0.2, -0.15) is 8.42 Å². The minimum absolute atomic E-state index is 0.00792. The van der Waals surface area contributed by atoms with Crippen molar-refractivity contribution in [2.24, 2.45) is 0 Å². The Kier molecular flexibility index (Phi) is 3.66. The third kappa shape index (κ3) is 2.17. The molecule has 0 amide bonds. The maximum absolute atomic E-state index is 13.3. The van der Waals surface area contributed by atoms with Crippen molar-refractivity contribution in [2.45, 2.75) is 25.7 Å². The topological polar surface area (TPSA) is 86.5 Å². The molecule has 2 N–H and O–H groups in total. The molecule has 0 saturated heterocycles. The number of ether oxygens (including phenoxy) is 1. The predicted octanol–water partition coefficient (Wildman–Crippen LogP) is 1.64. The van der Waals surface area contributed by atoms with Gasteiger partial charge < -0.3 is 10.5 Å². The van der Waals surface area contributed by atoms with Crippen molar-refractivity contribution in [3.8, 4) is 0 Å². The molecule has 1 rings (SSSR count). The summed E-state index contributed by atoms with van der Waals surface area (Å²) in [6.07, 6.45) is 0. The molecule has 0 radical (unpaired) electrons. The van der Waals surface area contributed by atoms with Crippen molar-refractivity contribution in [1.82, 2.24) is 0 Å². The van der Waals surface area contributed by atoms with E-state index in [4.69, 9.17) is 5.73 Å². The smallest absolute Gasteiger partial charge is 0.338 e. The second kappa shape index (κ2) is 4.56. The Morgan fingerprint density at radius 1 is 1.17 bits per heavy atom. The van der Waals surface area contributed by atoms with Crippen LogP contribution in [-0.2, 0) is 15.0 Å². The Bertz CT molecular complexity index is 623. The molecule has 0 atom stereocenters. The van der Waals surface area contributed by atoms with E-state index in [1.165, 1.54) is 13.8 Å². The van der Waals surface area contributed by atoms with Gasteiger partial charge in [0.25, 0.3) is 0 Å². The van der Waals surface area contributed by atoms with E-state index in [-0.39, 0.29) is 22.4 Å². The number of halogens is 1. The highest BCUT2D eigenvalue weighted by Gasteiger charge is 2.27. The van der Waals surface area contributed by atoms with Gasteiger partial charge in [0.1, 0.15) is 4.90 Å². The summed E-state index contributed by atoms with van der Waals surface area (Å²) in [6.45, 7) is 4.29. The molecule has 0 aliphatic carbocycles. The van der Waals surface area contributed by atoms with Crippen LogP contribution in [-0.4, -0.2) is 21.5 Å². The van der Waals surface area contributed by atoms with Crippen LogP contribution in [0.25, 0.3) is 0 Å². The number of hydrogen-bond donors (Lipinski definition) is 1. The van der Waals surface area contributed by atoms with E-state index in [0.29, 0.717) is 5.56 Å². The number of hydrogen-bond acceptors (Lipinski definition) is 5. The molecule has 18 heavy (non-hydrogen) atoms. The SMILES string of the molecule is COC(=O)c1c(C)c(N)c(C)c(S(=O)(=O)F)c1C. The normalized spacial score (nSPS) is 11.4. The van der Waals surface area contributed by atoms with Gasteiger partial charge in [0.2, 0.25) is 0 Å². The lowest BCUT2D eigenvalue weighted by molar-refractivity contribution is 0.0599. The van der Waals surface area contributed by atoms with Gasteiger partial charge in [-0.15, -0.1) is 3.89 Å². The van der Waals surface area contributed by atoms with Crippen LogP contribution in [0.1, 0.15) is 27.0 Å². The van der Waals surface area contributed by atoms with Crippen molar-refractivity contribution >= 4 is 21.9 Å². The zero-order valence-electron chi connectivity index (χ0n) is 10.5. The molecule has 0 heterocycles. The van der Waals surface area contributed by atoms with E-state index in [1.54, 1.807) is 6.92 Å². The molecule has 0 aliphatic heterocycles. The highest BCUT2D eigenvalue weighted by Crippen LogP contribution is 2.33. The number of carbonyl (C=O) groups excluding carboxylic acids is 1. The fourth-order valence-electron chi connectivity index (χ4n) is 1.99. The molecule has 100 valence electrons. The highest BCUT2D eigenvalue weighted by atomic mass is 32.3. The van der Waals surface area contributed by atoms with E-state index < -0.39 is 21.1 Å². The molecule has 0 unspecified atom stereocenters. The third-order valence-electron chi connectivity index (χ3n) is 2.87. The number of methoxy groups -OCH3 is 1. The second-order valence-corrected chi connectivity index (χ2v) is 5.21. The molecular formula is C11H14FNO4S. The number of benzene rings is 1. The Labute approximate surface area is 105 Å². The number of nitrogen functional groups attached to an aromatic ring is 1. The molecule has 0 saturated carbocycles. The van der Waals surface area contributed by atoms with Gasteiger partial charge in [-0.1, -0.05) is 0 Å². The van der Waals surface area contributed by atoms with Crippen LogP contribution in [0.2, 0.25) is 0 Å². The minimum Gasteiger partial charge on any atom is -0.465 e. The molecule has 0 fully saturated rings. The Morgan fingerprint density at radius 2 is 1.67 bits per heavy atom. The van der Waals surface area contributed by atoms with Crippen LogP contribution in [0.3, 0.4) is 0 Å². The number of nitrogens with two attached hydrogens (primary N) is 1. The molecule has 0 aromatic heterocycles. The molecule has 1 aromatic carbocycles. The van der Waals surface area contributed by atoms with Crippen LogP contribution in [0.4, 0.5) is 9.57 Å². The van der Waals surface area contributed by atoms with Crippen molar-refractivity contribution < 1.29 is 21.8 Å². The highest BCUT2D eigenvalue weighted by molar-refractivity contribution is 7.86. The summed E-state index contributed by atoms with van der Waals surface area (Å²) in [5.74, 6) is -0.749. The number of carbonyl (C=O) groups is 1. The van der Waals surface area contributed by atoms with Crippen LogP contribution in [0.15, 0.2) is 4.90 Å². The molecular weight excluding hydrogens is 261 g/mol. The fraction of sp³-hybridized carbons (Fsp3) is 0.364. The molecule has 0 spiro atoms. The average molecular weight is 275 g/mol. The Morgan fingerprint density at radius 3 is 2.06 bits per heavy atom. The van der Waals surface area contributed by atoms with Gasteiger partial charge >= 0.3 is 16.2 Å². The summed E-state index contributed by atoms with van der Waals surface area (Å²) in [4.78, 5) is 11.0. The summed E-state index contributed by atoms with van der Waals surface area (Å²) in [7, 11) is -3.80. The van der Waals surface area contributed by atoms with Crippen LogP contribution < -0.4 is 5.73 Å². The Hall–Kier alpha value is -1.63. The predicted molar refractivity (Wildman–Crippen MR) is 64.7 cm³/mol. The van der Waals surface area contributed by atoms with Crippen molar-refractivity contribution in [1.29, 1.82) is 0 Å². The van der Waals surface area contributed by atoms with Crippen molar-refractivity contribution in [3.63, 3.8) is 0 Å². The summed E-state index contributed by atoms with van der Waals surface area (Å²) in [5, 5.41) is 0. The lowest BCUT2D eigenvalue weighted by atomic mass is 9.97. The number of rotatable bonds is 2. The lowest BCUT2D eigenvalue weighted by Crippen LogP contribution is -2.14. The van der Waals surface area contributed by atoms with E-state index in [9.17, 15) is 17.1 Å². The van der Waals surface area contributed by atoms with Gasteiger partial charge in [0.15, 0.2) is 0 Å². The van der Waals surface area contributed by atoms with E-state index in [1.807, 2.05) is 0 Å². The molecule has 0 aliphatic rings. The van der Waals surface area contributed by atoms with Gasteiger partial charge in [-0.05, 0) is 37.5 Å². The molecule has 0 bridgehead atoms. The van der Waals surface area contributed by atoms with Gasteiger partial charge in [0.05, 0.1) is 12.7 Å². The van der Waals surface area contributed by atoms with Gasteiger partial charge in [0, 0.05) is 5.69 Å². The van der Waals surface area contributed by atoms with E-state index in [0.717, 1.165) is 7.11 Å². The largest absolute Gasteiger partial charge is 0.465 e. The minimum atomic E-state index is -4.96. The summed E-state index contributed by atoms with van der Waals surface area (Å²) in [6, 6.07) is 0. The van der Waals surface area contributed by atoms with E-state index in [2.05, 4.69) is 4.74 Å². The van der Waals surface area contributed by atoms with Crippen LogP contribution >= 0.6 is 0 Å². The summed E-state index contributed by atoms with van der Waals surface area (Å²) in [5.41, 5.74) is 6.24. The third-order valence-corrected chi connectivity index (χ3v) is 3.97. The number of anilines is 1. The van der Waals surface area contributed by atoms with Crippen LogP contribution in [0.5, 0.6) is 0 Å². The van der Waals surface area contributed by atoms with E-state index >= 15 is 0 Å². The summed E-state index contributed by atoms with van der Waals surface area (Å²) >= 11 is 0. The van der Waals surface area contributed by atoms with Crippen LogP contribution in [0, 0.1) is 20.8 Å². The van der Waals surface area contributed by atoms with Crippen molar-refractivity contribution in [3.05, 3.63) is 22.3 Å². The quantitative estimate of drug-likeness (QED) is 0.503. The standard InChI is InChI=1S/C11H14FNO4S/c1-5-8(11(14)17-4)6(2)10(18(12,15)16)7(3)9(5)13/h13H2,1-4H3. The fourth-order valence-corrected chi connectivity index (χ4v) is 2.93. The van der Waals surface area contributed by atoms with Crippen molar-refractivity contribution in [2.75, 3.05) is 12.8 Å². The Balaban J connectivity index is 3.89. The second-order valence-electron chi connectivity index (χ2n) is 3.92. The first kappa shape index (κ1) is 14.4. The first-order valence-electron chi connectivity index (χ1n) is 5.05. The average Bonchev–Trinajstić information content (AvgIpc) is 2.24. The van der Waals surface area contributed by atoms with Gasteiger partial charge in [-0.25, -0.2) is 4.79 Å². The first-order chi connectivity index (χ1) is 8.12. The zero-order chi connectivity index (χ0) is 14.2. The number of esters is 1. The lowest BCUT2D eigenvalue weighted by Gasteiger charge is -2.16.